The van der Waals surface area contributed by atoms with Gasteiger partial charge in [0.15, 0.2) is 5.65 Å². The number of carbonyl (C=O) groups excluding carboxylic acids is 1. The third kappa shape index (κ3) is 4.34. The highest BCUT2D eigenvalue weighted by Crippen LogP contribution is 2.05. The topological polar surface area (TPSA) is 79.9 Å². The number of nitrogens with one attached hydrogen (secondary N) is 2. The Bertz CT molecular complexity index is 878. The Kier molecular flexibility index (Phi) is 5.05. The quantitative estimate of drug-likeness (QED) is 0.572. The van der Waals surface area contributed by atoms with Crippen molar-refractivity contribution in [3.05, 3.63) is 60.0 Å². The zero-order valence-corrected chi connectivity index (χ0v) is 13.0. The largest absolute Gasteiger partial charge is 0.445 e. The molecular weight excluding hydrogens is 304 g/mol. The maximum atomic E-state index is 11.6. The van der Waals surface area contributed by atoms with Crippen LogP contribution >= 0.6 is 0 Å². The van der Waals surface area contributed by atoms with E-state index in [4.69, 9.17) is 4.74 Å². The van der Waals surface area contributed by atoms with Crippen LogP contribution in [0.5, 0.6) is 0 Å². The van der Waals surface area contributed by atoms with Gasteiger partial charge < -0.3 is 15.0 Å². The Hall–Kier alpha value is -3.33. The summed E-state index contributed by atoms with van der Waals surface area (Å²) in [4.78, 5) is 23.1. The van der Waals surface area contributed by atoms with Crippen LogP contribution in [0.3, 0.4) is 0 Å². The van der Waals surface area contributed by atoms with Crippen LogP contribution in [0, 0.1) is 11.8 Å². The molecule has 3 rings (SSSR count). The second kappa shape index (κ2) is 7.79. The Balaban J connectivity index is 1.39. The number of carbonyl (C=O) groups is 1. The summed E-state index contributed by atoms with van der Waals surface area (Å²) in [5, 5.41) is 2.66. The first-order valence-corrected chi connectivity index (χ1v) is 7.55. The fourth-order valence-corrected chi connectivity index (χ4v) is 2.04. The van der Waals surface area contributed by atoms with Crippen LogP contribution in [-0.4, -0.2) is 27.6 Å². The Morgan fingerprint density at radius 1 is 1.25 bits per heavy atom. The molecule has 0 unspecified atom stereocenters. The number of fused-ring (bicyclic) bond motifs is 1. The van der Waals surface area contributed by atoms with Gasteiger partial charge in [-0.25, -0.2) is 14.8 Å². The van der Waals surface area contributed by atoms with Crippen LogP contribution < -0.4 is 5.32 Å². The van der Waals surface area contributed by atoms with Crippen molar-refractivity contribution in [3.63, 3.8) is 0 Å². The van der Waals surface area contributed by atoms with E-state index >= 15 is 0 Å². The maximum Gasteiger partial charge on any atom is 0.407 e. The molecule has 24 heavy (non-hydrogen) atoms. The lowest BCUT2D eigenvalue weighted by atomic mass is 10.2. The van der Waals surface area contributed by atoms with Gasteiger partial charge >= 0.3 is 6.09 Å². The molecule has 0 aliphatic heterocycles. The molecule has 0 fully saturated rings. The van der Waals surface area contributed by atoms with E-state index in [-0.39, 0.29) is 6.61 Å². The molecule has 0 bridgehead atoms. The zero-order chi connectivity index (χ0) is 16.6. The van der Waals surface area contributed by atoms with Gasteiger partial charge in [-0.05, 0) is 17.6 Å². The lowest BCUT2D eigenvalue weighted by Crippen LogP contribution is -2.24. The number of rotatable bonds is 4. The highest BCUT2D eigenvalue weighted by atomic mass is 16.5. The first-order chi connectivity index (χ1) is 11.8. The number of benzene rings is 1. The molecular formula is C18H16N4O2. The van der Waals surface area contributed by atoms with Gasteiger partial charge in [0, 0.05) is 19.2 Å². The zero-order valence-electron chi connectivity index (χ0n) is 13.0. The summed E-state index contributed by atoms with van der Waals surface area (Å²) in [6.45, 7) is 0.672. The van der Waals surface area contributed by atoms with Crippen LogP contribution in [-0.2, 0) is 11.3 Å². The molecule has 2 aromatic heterocycles. The van der Waals surface area contributed by atoms with E-state index in [9.17, 15) is 4.79 Å². The molecule has 0 saturated heterocycles. The van der Waals surface area contributed by atoms with E-state index in [1.54, 1.807) is 12.4 Å². The van der Waals surface area contributed by atoms with Crippen molar-refractivity contribution in [1.29, 1.82) is 0 Å². The number of H-pyrrole nitrogens is 1. The normalized spacial score (nSPS) is 10.0. The van der Waals surface area contributed by atoms with E-state index in [0.717, 1.165) is 16.7 Å². The standard InChI is InChI=1S/C18H16N4O2/c23-18(24-13-14-6-2-1-3-7-14)20-10-5-4-8-15-12-21-17-16(22-15)9-11-19-17/h1-3,6-7,9,11-12H,5,10,13H2,(H,19,21)(H,20,23). The first-order valence-electron chi connectivity index (χ1n) is 7.55. The monoisotopic (exact) mass is 320 g/mol. The summed E-state index contributed by atoms with van der Waals surface area (Å²) in [6, 6.07) is 11.4. The van der Waals surface area contributed by atoms with E-state index in [2.05, 4.69) is 32.1 Å². The van der Waals surface area contributed by atoms with Gasteiger partial charge in [0.2, 0.25) is 0 Å². The Morgan fingerprint density at radius 3 is 3.00 bits per heavy atom. The minimum atomic E-state index is -0.450. The van der Waals surface area contributed by atoms with E-state index in [1.165, 1.54) is 0 Å². The predicted molar refractivity (Wildman–Crippen MR) is 90.0 cm³/mol. The highest BCUT2D eigenvalue weighted by molar-refractivity contribution is 5.70. The van der Waals surface area contributed by atoms with E-state index < -0.39 is 6.09 Å². The number of amides is 1. The van der Waals surface area contributed by atoms with Gasteiger partial charge in [0.1, 0.15) is 17.8 Å². The van der Waals surface area contributed by atoms with Gasteiger partial charge in [-0.15, -0.1) is 0 Å². The molecule has 0 spiro atoms. The summed E-state index contributed by atoms with van der Waals surface area (Å²) in [6.07, 6.45) is 3.46. The number of aromatic amines is 1. The molecule has 1 aromatic carbocycles. The molecule has 0 radical (unpaired) electrons. The van der Waals surface area contributed by atoms with Gasteiger partial charge in [0.25, 0.3) is 0 Å². The molecule has 3 aromatic rings. The number of alkyl carbamates (subject to hydrolysis) is 1. The maximum absolute atomic E-state index is 11.6. The summed E-state index contributed by atoms with van der Waals surface area (Å²) in [7, 11) is 0. The van der Waals surface area contributed by atoms with Crippen LogP contribution in [0.4, 0.5) is 4.79 Å². The van der Waals surface area contributed by atoms with Crippen LogP contribution in [0.1, 0.15) is 17.7 Å². The molecule has 0 saturated carbocycles. The molecule has 120 valence electrons. The van der Waals surface area contributed by atoms with Crippen LogP contribution in [0.25, 0.3) is 11.2 Å². The summed E-state index contributed by atoms with van der Waals surface area (Å²) in [5.74, 6) is 5.88. The van der Waals surface area contributed by atoms with Crippen molar-refractivity contribution in [2.24, 2.45) is 0 Å². The van der Waals surface area contributed by atoms with Crippen molar-refractivity contribution >= 4 is 17.3 Å². The van der Waals surface area contributed by atoms with Crippen molar-refractivity contribution < 1.29 is 9.53 Å². The molecule has 0 atom stereocenters. The van der Waals surface area contributed by atoms with Crippen molar-refractivity contribution in [2.45, 2.75) is 13.0 Å². The lowest BCUT2D eigenvalue weighted by Gasteiger charge is -2.05. The van der Waals surface area contributed by atoms with Gasteiger partial charge in [-0.3, -0.25) is 0 Å². The fraction of sp³-hybridized carbons (Fsp3) is 0.167. The third-order valence-corrected chi connectivity index (χ3v) is 3.21. The van der Waals surface area contributed by atoms with Crippen molar-refractivity contribution in [1.82, 2.24) is 20.3 Å². The molecule has 1 amide bonds. The van der Waals surface area contributed by atoms with Gasteiger partial charge in [0.05, 0.1) is 6.20 Å². The van der Waals surface area contributed by atoms with Crippen molar-refractivity contribution in [3.8, 4) is 11.8 Å². The minimum Gasteiger partial charge on any atom is -0.445 e. The average Bonchev–Trinajstić information content (AvgIpc) is 3.08. The first kappa shape index (κ1) is 15.6. The average molecular weight is 320 g/mol. The Morgan fingerprint density at radius 2 is 2.12 bits per heavy atom. The number of nitrogens with zero attached hydrogens (tertiary/aromatic N) is 2. The molecule has 0 aliphatic carbocycles. The second-order valence-electron chi connectivity index (χ2n) is 5.01. The van der Waals surface area contributed by atoms with E-state index in [1.807, 2.05) is 36.4 Å². The Labute approximate surface area is 139 Å². The lowest BCUT2D eigenvalue weighted by molar-refractivity contribution is 0.140. The summed E-state index contributed by atoms with van der Waals surface area (Å²) in [5.41, 5.74) is 3.08. The van der Waals surface area contributed by atoms with Crippen LogP contribution in [0.15, 0.2) is 48.8 Å². The molecule has 0 aliphatic rings. The number of hydrogen-bond acceptors (Lipinski definition) is 4. The van der Waals surface area contributed by atoms with Crippen LogP contribution in [0.2, 0.25) is 0 Å². The van der Waals surface area contributed by atoms with Gasteiger partial charge in [-0.1, -0.05) is 36.3 Å². The summed E-state index contributed by atoms with van der Waals surface area (Å²) >= 11 is 0. The second-order valence-corrected chi connectivity index (χ2v) is 5.01. The molecule has 6 nitrogen and oxygen atoms in total. The molecule has 6 heteroatoms. The van der Waals surface area contributed by atoms with Gasteiger partial charge in [-0.2, -0.15) is 0 Å². The minimum absolute atomic E-state index is 0.255. The highest BCUT2D eigenvalue weighted by Gasteiger charge is 2.01. The number of hydrogen-bond donors (Lipinski definition) is 2. The van der Waals surface area contributed by atoms with E-state index in [0.29, 0.717) is 18.7 Å². The third-order valence-electron chi connectivity index (χ3n) is 3.21. The predicted octanol–water partition coefficient (Wildman–Crippen LogP) is 2.63. The van der Waals surface area contributed by atoms with Crippen molar-refractivity contribution in [2.75, 3.05) is 6.54 Å². The molecule has 2 heterocycles. The smallest absolute Gasteiger partial charge is 0.407 e. The summed E-state index contributed by atoms with van der Waals surface area (Å²) < 4.78 is 5.11. The molecule has 2 N–H and O–H groups in total. The SMILES string of the molecule is O=C(NCCC#Cc1cnc2[nH]ccc2n1)OCc1ccccc1. The number of aromatic nitrogens is 3. The number of ether oxygens (including phenoxy) is 1. The fourth-order valence-electron chi connectivity index (χ4n) is 2.04.